The standard InChI is InChI=1S/C15H30N2O/c16-12-15(8-2-1-3-9-15)13-17-10-4-6-14(17)7-5-11-18/h14,18H,1-13,16H2. The lowest BCUT2D eigenvalue weighted by molar-refractivity contribution is 0.0978. The largest absolute Gasteiger partial charge is 0.396 e. The highest BCUT2D eigenvalue weighted by Crippen LogP contribution is 2.38. The van der Waals surface area contributed by atoms with Gasteiger partial charge in [0.05, 0.1) is 0 Å². The summed E-state index contributed by atoms with van der Waals surface area (Å²) >= 11 is 0. The van der Waals surface area contributed by atoms with E-state index in [2.05, 4.69) is 4.90 Å². The van der Waals surface area contributed by atoms with Crippen LogP contribution in [0.4, 0.5) is 0 Å². The third-order valence-electron chi connectivity index (χ3n) is 5.08. The summed E-state index contributed by atoms with van der Waals surface area (Å²) in [5, 5.41) is 8.99. The molecule has 3 nitrogen and oxygen atoms in total. The third-order valence-corrected chi connectivity index (χ3v) is 5.08. The minimum Gasteiger partial charge on any atom is -0.396 e. The molecule has 3 heteroatoms. The lowest BCUT2D eigenvalue weighted by Gasteiger charge is -2.41. The predicted octanol–water partition coefficient (Wildman–Crippen LogP) is 2.13. The fourth-order valence-corrected chi connectivity index (χ4v) is 3.92. The van der Waals surface area contributed by atoms with Gasteiger partial charge in [0.2, 0.25) is 0 Å². The molecule has 1 aliphatic carbocycles. The Labute approximate surface area is 112 Å². The van der Waals surface area contributed by atoms with E-state index in [-0.39, 0.29) is 0 Å². The lowest BCUT2D eigenvalue weighted by Crippen LogP contribution is -2.45. The third kappa shape index (κ3) is 3.46. The van der Waals surface area contributed by atoms with E-state index in [0.29, 0.717) is 18.1 Å². The zero-order valence-corrected chi connectivity index (χ0v) is 11.7. The van der Waals surface area contributed by atoms with Crippen LogP contribution in [0.2, 0.25) is 0 Å². The maximum absolute atomic E-state index is 8.99. The molecule has 1 saturated carbocycles. The molecule has 1 aliphatic heterocycles. The number of rotatable bonds is 6. The van der Waals surface area contributed by atoms with Crippen molar-refractivity contribution in [2.24, 2.45) is 11.1 Å². The maximum Gasteiger partial charge on any atom is 0.0431 e. The Hall–Kier alpha value is -0.120. The first-order chi connectivity index (χ1) is 8.79. The van der Waals surface area contributed by atoms with Crippen molar-refractivity contribution in [2.75, 3.05) is 26.2 Å². The van der Waals surface area contributed by atoms with Crippen LogP contribution in [0.15, 0.2) is 0 Å². The highest BCUT2D eigenvalue weighted by atomic mass is 16.2. The summed E-state index contributed by atoms with van der Waals surface area (Å²) in [4.78, 5) is 2.67. The maximum atomic E-state index is 8.99. The summed E-state index contributed by atoms with van der Waals surface area (Å²) in [6.45, 7) is 3.65. The number of nitrogens with zero attached hydrogens (tertiary/aromatic N) is 1. The molecule has 2 rings (SSSR count). The van der Waals surface area contributed by atoms with Gasteiger partial charge in [-0.05, 0) is 57.0 Å². The van der Waals surface area contributed by atoms with Crippen LogP contribution < -0.4 is 5.73 Å². The first kappa shape index (κ1) is 14.3. The summed E-state index contributed by atoms with van der Waals surface area (Å²) < 4.78 is 0. The van der Waals surface area contributed by atoms with E-state index in [1.165, 1.54) is 58.0 Å². The van der Waals surface area contributed by atoms with Crippen molar-refractivity contribution in [2.45, 2.75) is 63.8 Å². The van der Waals surface area contributed by atoms with Crippen molar-refractivity contribution >= 4 is 0 Å². The van der Waals surface area contributed by atoms with E-state index in [1.807, 2.05) is 0 Å². The zero-order valence-electron chi connectivity index (χ0n) is 11.7. The minimum atomic E-state index is 0.340. The SMILES string of the molecule is NCC1(CN2CCCC2CCCO)CCCCC1. The number of hydrogen-bond donors (Lipinski definition) is 2. The summed E-state index contributed by atoms with van der Waals surface area (Å²) in [6.07, 6.45) is 11.6. The predicted molar refractivity (Wildman–Crippen MR) is 75.5 cm³/mol. The first-order valence-electron chi connectivity index (χ1n) is 7.85. The van der Waals surface area contributed by atoms with E-state index >= 15 is 0 Å². The van der Waals surface area contributed by atoms with E-state index in [0.717, 1.165) is 19.4 Å². The Kier molecular flexibility index (Phi) is 5.46. The molecule has 0 bridgehead atoms. The Balaban J connectivity index is 1.89. The van der Waals surface area contributed by atoms with Crippen LogP contribution in [0.1, 0.15) is 57.8 Å². The van der Waals surface area contributed by atoms with E-state index < -0.39 is 0 Å². The van der Waals surface area contributed by atoms with Gasteiger partial charge in [-0.2, -0.15) is 0 Å². The van der Waals surface area contributed by atoms with E-state index in [9.17, 15) is 0 Å². The van der Waals surface area contributed by atoms with Crippen LogP contribution >= 0.6 is 0 Å². The molecule has 18 heavy (non-hydrogen) atoms. The number of likely N-dealkylation sites (tertiary alicyclic amines) is 1. The highest BCUT2D eigenvalue weighted by molar-refractivity contribution is 4.90. The van der Waals surface area contributed by atoms with E-state index in [1.54, 1.807) is 0 Å². The molecular weight excluding hydrogens is 224 g/mol. The molecule has 1 atom stereocenters. The molecule has 0 aromatic heterocycles. The van der Waals surface area contributed by atoms with Crippen molar-refractivity contribution in [3.8, 4) is 0 Å². The number of aliphatic hydroxyl groups excluding tert-OH is 1. The average molecular weight is 254 g/mol. The van der Waals surface area contributed by atoms with Gasteiger partial charge >= 0.3 is 0 Å². The van der Waals surface area contributed by atoms with Gasteiger partial charge in [0, 0.05) is 19.2 Å². The normalized spacial score (nSPS) is 28.7. The molecule has 0 spiro atoms. The molecule has 0 amide bonds. The van der Waals surface area contributed by atoms with Crippen LogP contribution in [0, 0.1) is 5.41 Å². The van der Waals surface area contributed by atoms with Crippen LogP contribution in [-0.2, 0) is 0 Å². The second-order valence-electron chi connectivity index (χ2n) is 6.40. The number of aliphatic hydroxyl groups is 1. The first-order valence-corrected chi connectivity index (χ1v) is 7.85. The van der Waals surface area contributed by atoms with Crippen LogP contribution in [-0.4, -0.2) is 42.3 Å². The fourth-order valence-electron chi connectivity index (χ4n) is 3.92. The van der Waals surface area contributed by atoms with Crippen LogP contribution in [0.3, 0.4) is 0 Å². The summed E-state index contributed by atoms with van der Waals surface area (Å²) in [7, 11) is 0. The van der Waals surface area contributed by atoms with Crippen molar-refractivity contribution in [1.29, 1.82) is 0 Å². The molecule has 2 fully saturated rings. The zero-order chi connectivity index (χ0) is 12.8. The van der Waals surface area contributed by atoms with Gasteiger partial charge in [0.15, 0.2) is 0 Å². The molecule has 106 valence electrons. The van der Waals surface area contributed by atoms with Crippen molar-refractivity contribution in [3.63, 3.8) is 0 Å². The molecule has 1 heterocycles. The van der Waals surface area contributed by atoms with Gasteiger partial charge in [0.1, 0.15) is 0 Å². The molecule has 0 aromatic rings. The quantitative estimate of drug-likeness (QED) is 0.763. The second kappa shape index (κ2) is 6.88. The van der Waals surface area contributed by atoms with E-state index in [4.69, 9.17) is 10.8 Å². The minimum absolute atomic E-state index is 0.340. The lowest BCUT2D eigenvalue weighted by atomic mass is 9.73. The molecule has 3 N–H and O–H groups in total. The Morgan fingerprint density at radius 1 is 1.17 bits per heavy atom. The Morgan fingerprint density at radius 3 is 2.61 bits per heavy atom. The number of hydrogen-bond acceptors (Lipinski definition) is 3. The van der Waals surface area contributed by atoms with Gasteiger partial charge in [-0.1, -0.05) is 19.3 Å². The molecule has 1 saturated heterocycles. The van der Waals surface area contributed by atoms with Gasteiger partial charge in [-0.25, -0.2) is 0 Å². The molecule has 0 radical (unpaired) electrons. The van der Waals surface area contributed by atoms with Gasteiger partial charge < -0.3 is 10.8 Å². The number of nitrogens with two attached hydrogens (primary N) is 1. The molecular formula is C15H30N2O. The van der Waals surface area contributed by atoms with Crippen molar-refractivity contribution < 1.29 is 5.11 Å². The van der Waals surface area contributed by atoms with Gasteiger partial charge in [-0.3, -0.25) is 4.90 Å². The smallest absolute Gasteiger partial charge is 0.0431 e. The molecule has 1 unspecified atom stereocenters. The molecule has 2 aliphatic rings. The van der Waals surface area contributed by atoms with Crippen molar-refractivity contribution in [3.05, 3.63) is 0 Å². The van der Waals surface area contributed by atoms with Gasteiger partial charge in [-0.15, -0.1) is 0 Å². The Morgan fingerprint density at radius 2 is 1.94 bits per heavy atom. The monoisotopic (exact) mass is 254 g/mol. The summed E-state index contributed by atoms with van der Waals surface area (Å²) in [5.74, 6) is 0. The average Bonchev–Trinajstić information content (AvgIpc) is 2.84. The summed E-state index contributed by atoms with van der Waals surface area (Å²) in [6, 6.07) is 0.711. The van der Waals surface area contributed by atoms with Gasteiger partial charge in [0.25, 0.3) is 0 Å². The Bertz CT molecular complexity index is 239. The molecule has 0 aromatic carbocycles. The van der Waals surface area contributed by atoms with Crippen molar-refractivity contribution in [1.82, 2.24) is 4.90 Å². The highest BCUT2D eigenvalue weighted by Gasteiger charge is 2.35. The fraction of sp³-hybridized carbons (Fsp3) is 1.00. The van der Waals surface area contributed by atoms with Crippen LogP contribution in [0.5, 0.6) is 0 Å². The van der Waals surface area contributed by atoms with Crippen LogP contribution in [0.25, 0.3) is 0 Å². The second-order valence-corrected chi connectivity index (χ2v) is 6.40. The topological polar surface area (TPSA) is 49.5 Å². The summed E-state index contributed by atoms with van der Waals surface area (Å²) in [5.41, 5.74) is 6.50.